The number of rotatable bonds is 7. The first-order chi connectivity index (χ1) is 11.3. The number of sulfonamides is 1. The highest BCUT2D eigenvalue weighted by Crippen LogP contribution is 2.27. The lowest BCUT2D eigenvalue weighted by molar-refractivity contribution is 0.444. The summed E-state index contributed by atoms with van der Waals surface area (Å²) in [6, 6.07) is 14.2. The van der Waals surface area contributed by atoms with E-state index in [1.54, 1.807) is 42.5 Å². The van der Waals surface area contributed by atoms with Crippen LogP contribution in [0.3, 0.4) is 0 Å². The number of alkyl halides is 1. The van der Waals surface area contributed by atoms with Crippen molar-refractivity contribution in [1.82, 2.24) is 4.31 Å². The minimum atomic E-state index is -3.59. The fourth-order valence-corrected chi connectivity index (χ4v) is 4.63. The van der Waals surface area contributed by atoms with Gasteiger partial charge in [0, 0.05) is 18.1 Å². The maximum atomic E-state index is 12.9. The van der Waals surface area contributed by atoms with E-state index in [0.717, 1.165) is 11.1 Å². The van der Waals surface area contributed by atoms with Crippen LogP contribution >= 0.6 is 27.5 Å². The summed E-state index contributed by atoms with van der Waals surface area (Å²) in [5, 5.41) is 0.647. The standard InChI is InChI=1S/C18H19BrClNO2S/c1-3-12-21(13-18(19)15-6-8-16(20)9-7-15)24(22,23)17-10-4-14(2)5-11-17/h3-11,18H,1,12-13H2,2H3. The van der Waals surface area contributed by atoms with E-state index in [4.69, 9.17) is 11.6 Å². The normalized spacial score (nSPS) is 13.0. The molecule has 0 bridgehead atoms. The first kappa shape index (κ1) is 19.2. The van der Waals surface area contributed by atoms with Gasteiger partial charge < -0.3 is 0 Å². The Balaban J connectivity index is 2.26. The Bertz CT molecular complexity index is 789. The number of hydrogen-bond donors (Lipinski definition) is 0. The third-order valence-electron chi connectivity index (χ3n) is 3.59. The lowest BCUT2D eigenvalue weighted by Gasteiger charge is -2.24. The lowest BCUT2D eigenvalue weighted by atomic mass is 10.1. The van der Waals surface area contributed by atoms with Crippen LogP contribution < -0.4 is 0 Å². The maximum absolute atomic E-state index is 12.9. The molecule has 1 unspecified atom stereocenters. The first-order valence-electron chi connectivity index (χ1n) is 7.42. The molecule has 0 saturated carbocycles. The molecule has 1 atom stereocenters. The molecule has 2 aromatic carbocycles. The molecular weight excluding hydrogens is 410 g/mol. The van der Waals surface area contributed by atoms with E-state index >= 15 is 0 Å². The molecule has 24 heavy (non-hydrogen) atoms. The van der Waals surface area contributed by atoms with Crippen LogP contribution in [0.5, 0.6) is 0 Å². The highest BCUT2D eigenvalue weighted by Gasteiger charge is 2.26. The summed E-state index contributed by atoms with van der Waals surface area (Å²) in [7, 11) is -3.59. The van der Waals surface area contributed by atoms with Crippen molar-refractivity contribution in [2.45, 2.75) is 16.6 Å². The molecule has 2 aromatic rings. The number of nitrogens with zero attached hydrogens (tertiary/aromatic N) is 1. The van der Waals surface area contributed by atoms with Gasteiger partial charge in [-0.05, 0) is 36.8 Å². The zero-order valence-corrected chi connectivity index (χ0v) is 16.5. The smallest absolute Gasteiger partial charge is 0.207 e. The van der Waals surface area contributed by atoms with Crippen molar-refractivity contribution >= 4 is 37.6 Å². The van der Waals surface area contributed by atoms with Gasteiger partial charge in [-0.3, -0.25) is 0 Å². The minimum Gasteiger partial charge on any atom is -0.207 e. The summed E-state index contributed by atoms with van der Waals surface area (Å²) >= 11 is 9.48. The van der Waals surface area contributed by atoms with Crippen molar-refractivity contribution in [2.75, 3.05) is 13.1 Å². The average molecular weight is 429 g/mol. The molecule has 0 radical (unpaired) electrons. The molecule has 0 aromatic heterocycles. The molecule has 128 valence electrons. The molecule has 2 rings (SSSR count). The molecule has 3 nitrogen and oxygen atoms in total. The number of halogens is 2. The largest absolute Gasteiger partial charge is 0.243 e. The van der Waals surface area contributed by atoms with Crippen molar-refractivity contribution < 1.29 is 8.42 Å². The molecule has 0 fully saturated rings. The van der Waals surface area contributed by atoms with Gasteiger partial charge in [0.2, 0.25) is 10.0 Å². The fourth-order valence-electron chi connectivity index (χ4n) is 2.23. The van der Waals surface area contributed by atoms with Crippen LogP contribution in [0.4, 0.5) is 0 Å². The number of benzene rings is 2. The van der Waals surface area contributed by atoms with Crippen LogP contribution in [0.1, 0.15) is 16.0 Å². The Morgan fingerprint density at radius 1 is 1.17 bits per heavy atom. The summed E-state index contributed by atoms with van der Waals surface area (Å²) in [6.45, 7) is 6.14. The predicted molar refractivity (Wildman–Crippen MR) is 103 cm³/mol. The Labute approximate surface area is 157 Å². The molecular formula is C18H19BrClNO2S. The number of hydrogen-bond acceptors (Lipinski definition) is 2. The van der Waals surface area contributed by atoms with Gasteiger partial charge in [-0.2, -0.15) is 4.31 Å². The van der Waals surface area contributed by atoms with Gasteiger partial charge in [0.1, 0.15) is 0 Å². The molecule has 0 aliphatic heterocycles. The lowest BCUT2D eigenvalue weighted by Crippen LogP contribution is -2.33. The van der Waals surface area contributed by atoms with E-state index in [1.807, 2.05) is 19.1 Å². The summed E-state index contributed by atoms with van der Waals surface area (Å²) < 4.78 is 27.2. The molecule has 0 amide bonds. The van der Waals surface area contributed by atoms with Gasteiger partial charge in [-0.1, -0.05) is 63.4 Å². The Morgan fingerprint density at radius 3 is 2.29 bits per heavy atom. The van der Waals surface area contributed by atoms with Crippen LogP contribution in [0, 0.1) is 6.92 Å². The SMILES string of the molecule is C=CCN(CC(Br)c1ccc(Cl)cc1)S(=O)(=O)c1ccc(C)cc1. The van der Waals surface area contributed by atoms with Crippen LogP contribution in [0.25, 0.3) is 0 Å². The predicted octanol–water partition coefficient (Wildman–Crippen LogP) is 4.96. The summed E-state index contributed by atoms with van der Waals surface area (Å²) in [5.41, 5.74) is 1.98. The van der Waals surface area contributed by atoms with Crippen molar-refractivity contribution in [1.29, 1.82) is 0 Å². The zero-order chi connectivity index (χ0) is 17.7. The van der Waals surface area contributed by atoms with Crippen LogP contribution in [0.15, 0.2) is 66.1 Å². The monoisotopic (exact) mass is 427 g/mol. The second-order valence-corrected chi connectivity index (χ2v) is 8.92. The average Bonchev–Trinajstić information content (AvgIpc) is 2.55. The summed E-state index contributed by atoms with van der Waals surface area (Å²) in [6.07, 6.45) is 1.59. The summed E-state index contributed by atoms with van der Waals surface area (Å²) in [5.74, 6) is 0. The van der Waals surface area contributed by atoms with Crippen molar-refractivity contribution in [3.05, 3.63) is 77.3 Å². The summed E-state index contributed by atoms with van der Waals surface area (Å²) in [4.78, 5) is 0.140. The Morgan fingerprint density at radius 2 is 1.75 bits per heavy atom. The van der Waals surface area contributed by atoms with Crippen LogP contribution in [-0.4, -0.2) is 25.8 Å². The van der Waals surface area contributed by atoms with E-state index in [2.05, 4.69) is 22.5 Å². The van der Waals surface area contributed by atoms with E-state index in [-0.39, 0.29) is 16.3 Å². The van der Waals surface area contributed by atoms with Crippen molar-refractivity contribution in [3.63, 3.8) is 0 Å². The topological polar surface area (TPSA) is 37.4 Å². The first-order valence-corrected chi connectivity index (χ1v) is 10.1. The Kier molecular flexibility index (Phi) is 6.63. The highest BCUT2D eigenvalue weighted by molar-refractivity contribution is 9.09. The third kappa shape index (κ3) is 4.70. The number of aryl methyl sites for hydroxylation is 1. The molecule has 6 heteroatoms. The quantitative estimate of drug-likeness (QED) is 0.461. The van der Waals surface area contributed by atoms with Crippen molar-refractivity contribution in [3.8, 4) is 0 Å². The van der Waals surface area contributed by atoms with Gasteiger partial charge in [0.15, 0.2) is 0 Å². The third-order valence-corrected chi connectivity index (χ3v) is 6.50. The van der Waals surface area contributed by atoms with Gasteiger partial charge in [-0.15, -0.1) is 6.58 Å². The molecule has 0 aliphatic rings. The van der Waals surface area contributed by atoms with E-state index in [0.29, 0.717) is 11.6 Å². The second-order valence-electron chi connectivity index (χ2n) is 5.44. The molecule has 0 heterocycles. The van der Waals surface area contributed by atoms with Gasteiger partial charge in [0.05, 0.1) is 9.72 Å². The van der Waals surface area contributed by atoms with E-state index in [9.17, 15) is 8.42 Å². The highest BCUT2D eigenvalue weighted by atomic mass is 79.9. The van der Waals surface area contributed by atoms with Crippen molar-refractivity contribution in [2.24, 2.45) is 0 Å². The molecule has 0 saturated heterocycles. The molecule has 0 aliphatic carbocycles. The second kappa shape index (κ2) is 8.30. The van der Waals surface area contributed by atoms with Crippen LogP contribution in [-0.2, 0) is 10.0 Å². The Hall–Kier alpha value is -1.14. The van der Waals surface area contributed by atoms with E-state index < -0.39 is 10.0 Å². The maximum Gasteiger partial charge on any atom is 0.243 e. The van der Waals surface area contributed by atoms with Gasteiger partial charge >= 0.3 is 0 Å². The van der Waals surface area contributed by atoms with E-state index in [1.165, 1.54) is 4.31 Å². The van der Waals surface area contributed by atoms with Gasteiger partial charge in [-0.25, -0.2) is 8.42 Å². The zero-order valence-electron chi connectivity index (χ0n) is 13.3. The van der Waals surface area contributed by atoms with Crippen LogP contribution in [0.2, 0.25) is 5.02 Å². The van der Waals surface area contributed by atoms with Gasteiger partial charge in [0.25, 0.3) is 0 Å². The fraction of sp³-hybridized carbons (Fsp3) is 0.222. The minimum absolute atomic E-state index is 0.144. The molecule has 0 spiro atoms. The molecule has 0 N–H and O–H groups in total.